The monoisotopic (exact) mass is 301 g/mol. The quantitative estimate of drug-likeness (QED) is 0.668. The van der Waals surface area contributed by atoms with Crippen LogP contribution in [0.1, 0.15) is 11.1 Å². The molecular formula is C12H13Cl2N3O2. The van der Waals surface area contributed by atoms with E-state index in [9.17, 15) is 4.79 Å². The minimum absolute atomic E-state index is 0.288. The van der Waals surface area contributed by atoms with Gasteiger partial charge in [-0.15, -0.1) is 11.6 Å². The number of hydrogen-bond donors (Lipinski definition) is 2. The third kappa shape index (κ3) is 2.68. The Hall–Kier alpha value is -1.30. The van der Waals surface area contributed by atoms with Crippen molar-refractivity contribution in [3.8, 4) is 0 Å². The number of nitrogens with two attached hydrogens (primary N) is 1. The molecule has 1 aromatic heterocycles. The number of carbonyl (C=O) groups excluding carboxylic acids is 1. The predicted molar refractivity (Wildman–Crippen MR) is 74.4 cm³/mol. The zero-order valence-electron chi connectivity index (χ0n) is 10.2. The standard InChI is InChI=1S/C12H13Cl2N3O2/c1-19-12(18)10(15)3-6-2-9(14)11-8(5-16-17-11)7(6)4-13/h2,5,10H,3-4,15H2,1H3,(H,16,17). The summed E-state index contributed by atoms with van der Waals surface area (Å²) in [6, 6.07) is 1.01. The van der Waals surface area contributed by atoms with Gasteiger partial charge in [0.2, 0.25) is 0 Å². The van der Waals surface area contributed by atoms with Crippen LogP contribution in [0.15, 0.2) is 12.3 Å². The molecule has 7 heteroatoms. The van der Waals surface area contributed by atoms with Gasteiger partial charge in [-0.3, -0.25) is 9.89 Å². The fraction of sp³-hybridized carbons (Fsp3) is 0.333. The fourth-order valence-corrected chi connectivity index (χ4v) is 2.59. The van der Waals surface area contributed by atoms with Crippen molar-refractivity contribution in [2.75, 3.05) is 7.11 Å². The lowest BCUT2D eigenvalue weighted by Crippen LogP contribution is -2.33. The molecule has 19 heavy (non-hydrogen) atoms. The van der Waals surface area contributed by atoms with Gasteiger partial charge in [0.15, 0.2) is 0 Å². The molecule has 0 saturated carbocycles. The van der Waals surface area contributed by atoms with Crippen LogP contribution in [0.25, 0.3) is 10.9 Å². The van der Waals surface area contributed by atoms with E-state index in [-0.39, 0.29) is 5.88 Å². The summed E-state index contributed by atoms with van der Waals surface area (Å²) >= 11 is 12.1. The zero-order chi connectivity index (χ0) is 14.0. The molecule has 5 nitrogen and oxygen atoms in total. The number of nitrogens with one attached hydrogen (secondary N) is 1. The Balaban J connectivity index is 2.45. The number of halogens is 2. The summed E-state index contributed by atoms with van der Waals surface area (Å²) in [6.07, 6.45) is 1.97. The highest BCUT2D eigenvalue weighted by atomic mass is 35.5. The molecule has 1 aromatic carbocycles. The molecule has 102 valence electrons. The van der Waals surface area contributed by atoms with Crippen LogP contribution in [0.2, 0.25) is 5.02 Å². The van der Waals surface area contributed by atoms with Crippen molar-refractivity contribution in [1.82, 2.24) is 10.2 Å². The Kier molecular flexibility index (Phi) is 4.29. The summed E-state index contributed by atoms with van der Waals surface area (Å²) in [5.74, 6) is -0.180. The third-order valence-electron chi connectivity index (χ3n) is 2.97. The molecule has 0 radical (unpaired) electrons. The molecular weight excluding hydrogens is 289 g/mol. The highest BCUT2D eigenvalue weighted by Gasteiger charge is 2.19. The van der Waals surface area contributed by atoms with Crippen molar-refractivity contribution in [3.05, 3.63) is 28.4 Å². The first-order valence-corrected chi connectivity index (χ1v) is 6.52. The van der Waals surface area contributed by atoms with E-state index in [4.69, 9.17) is 28.9 Å². The number of H-pyrrole nitrogens is 1. The molecule has 3 N–H and O–H groups in total. The lowest BCUT2D eigenvalue weighted by Gasteiger charge is -2.13. The summed E-state index contributed by atoms with van der Waals surface area (Å²) in [5.41, 5.74) is 8.19. The normalized spacial score (nSPS) is 12.6. The van der Waals surface area contributed by atoms with Gasteiger partial charge in [0.05, 0.1) is 23.8 Å². The Morgan fingerprint density at radius 2 is 2.37 bits per heavy atom. The highest BCUT2D eigenvalue weighted by molar-refractivity contribution is 6.35. The maximum atomic E-state index is 11.4. The van der Waals surface area contributed by atoms with Gasteiger partial charge in [0, 0.05) is 11.3 Å². The molecule has 0 aliphatic heterocycles. The number of alkyl halides is 1. The van der Waals surface area contributed by atoms with Crippen molar-refractivity contribution in [2.45, 2.75) is 18.3 Å². The summed E-state index contributed by atoms with van der Waals surface area (Å²) in [5, 5.41) is 8.13. The van der Waals surface area contributed by atoms with Crippen LogP contribution < -0.4 is 5.73 Å². The van der Waals surface area contributed by atoms with Crippen molar-refractivity contribution >= 4 is 40.1 Å². The van der Waals surface area contributed by atoms with Gasteiger partial charge in [-0.1, -0.05) is 11.6 Å². The van der Waals surface area contributed by atoms with Gasteiger partial charge >= 0.3 is 5.97 Å². The zero-order valence-corrected chi connectivity index (χ0v) is 11.8. The Morgan fingerprint density at radius 3 is 3.00 bits per heavy atom. The maximum absolute atomic E-state index is 11.4. The molecule has 1 heterocycles. The second-order valence-electron chi connectivity index (χ2n) is 4.12. The number of hydrogen-bond acceptors (Lipinski definition) is 4. The van der Waals surface area contributed by atoms with E-state index in [2.05, 4.69) is 14.9 Å². The number of aromatic nitrogens is 2. The van der Waals surface area contributed by atoms with Crippen LogP contribution in [-0.2, 0) is 21.8 Å². The van der Waals surface area contributed by atoms with Gasteiger partial charge < -0.3 is 10.5 Å². The molecule has 0 spiro atoms. The average molecular weight is 302 g/mol. The third-order valence-corrected chi connectivity index (χ3v) is 3.53. The number of carbonyl (C=O) groups is 1. The molecule has 1 atom stereocenters. The number of methoxy groups -OCH3 is 1. The first kappa shape index (κ1) is 14.1. The lowest BCUT2D eigenvalue weighted by atomic mass is 9.98. The minimum atomic E-state index is -0.743. The van der Waals surface area contributed by atoms with Crippen molar-refractivity contribution in [2.24, 2.45) is 5.73 Å². The number of esters is 1. The molecule has 0 bridgehead atoms. The maximum Gasteiger partial charge on any atom is 0.322 e. The molecule has 0 fully saturated rings. The largest absolute Gasteiger partial charge is 0.468 e. The van der Waals surface area contributed by atoms with E-state index in [1.807, 2.05) is 0 Å². The van der Waals surface area contributed by atoms with Crippen molar-refractivity contribution in [1.29, 1.82) is 0 Å². The highest BCUT2D eigenvalue weighted by Crippen LogP contribution is 2.29. The predicted octanol–water partition coefficient (Wildman–Crippen LogP) is 2.00. The van der Waals surface area contributed by atoms with Gasteiger partial charge in [-0.05, 0) is 23.6 Å². The van der Waals surface area contributed by atoms with Crippen molar-refractivity contribution in [3.63, 3.8) is 0 Å². The molecule has 0 aliphatic rings. The van der Waals surface area contributed by atoms with Crippen LogP contribution in [0.5, 0.6) is 0 Å². The van der Waals surface area contributed by atoms with E-state index < -0.39 is 12.0 Å². The number of aromatic amines is 1. The molecule has 1 unspecified atom stereocenters. The van der Waals surface area contributed by atoms with Crippen LogP contribution >= 0.6 is 23.2 Å². The molecule has 0 saturated heterocycles. The summed E-state index contributed by atoms with van der Waals surface area (Å²) in [4.78, 5) is 11.4. The van der Waals surface area contributed by atoms with Crippen molar-refractivity contribution < 1.29 is 9.53 Å². The summed E-state index contributed by atoms with van der Waals surface area (Å²) < 4.78 is 4.61. The van der Waals surface area contributed by atoms with E-state index in [0.717, 1.165) is 22.0 Å². The number of rotatable bonds is 4. The first-order chi connectivity index (χ1) is 9.08. The van der Waals surface area contributed by atoms with E-state index in [0.29, 0.717) is 11.4 Å². The first-order valence-electron chi connectivity index (χ1n) is 5.61. The minimum Gasteiger partial charge on any atom is -0.468 e. The Labute approximate surface area is 120 Å². The second-order valence-corrected chi connectivity index (χ2v) is 4.80. The van der Waals surface area contributed by atoms with Crippen LogP contribution in [0.3, 0.4) is 0 Å². The average Bonchev–Trinajstić information content (AvgIpc) is 2.87. The van der Waals surface area contributed by atoms with E-state index in [1.165, 1.54) is 7.11 Å². The van der Waals surface area contributed by atoms with E-state index >= 15 is 0 Å². The smallest absolute Gasteiger partial charge is 0.322 e. The summed E-state index contributed by atoms with van der Waals surface area (Å²) in [7, 11) is 1.30. The van der Waals surface area contributed by atoms with Gasteiger partial charge in [-0.2, -0.15) is 5.10 Å². The van der Waals surface area contributed by atoms with E-state index in [1.54, 1.807) is 12.3 Å². The molecule has 0 aliphatic carbocycles. The van der Waals surface area contributed by atoms with Gasteiger partial charge in [0.1, 0.15) is 6.04 Å². The summed E-state index contributed by atoms with van der Waals surface area (Å²) in [6.45, 7) is 0. The Bertz CT molecular complexity index is 612. The fourth-order valence-electron chi connectivity index (χ4n) is 1.99. The molecule has 2 rings (SSSR count). The number of ether oxygens (including phenoxy) is 1. The Morgan fingerprint density at radius 1 is 1.63 bits per heavy atom. The number of benzene rings is 1. The molecule has 0 amide bonds. The van der Waals surface area contributed by atoms with Crippen LogP contribution in [0.4, 0.5) is 0 Å². The van der Waals surface area contributed by atoms with Gasteiger partial charge in [0.25, 0.3) is 0 Å². The van der Waals surface area contributed by atoms with Crippen LogP contribution in [-0.4, -0.2) is 29.3 Å². The SMILES string of the molecule is COC(=O)C(N)Cc1cc(Cl)c2[nH]ncc2c1CCl. The number of fused-ring (bicyclic) bond motifs is 1. The molecule has 2 aromatic rings. The van der Waals surface area contributed by atoms with Crippen LogP contribution in [0, 0.1) is 0 Å². The second kappa shape index (κ2) is 5.77. The lowest BCUT2D eigenvalue weighted by molar-refractivity contribution is -0.142. The number of nitrogens with zero attached hydrogens (tertiary/aromatic N) is 1. The van der Waals surface area contributed by atoms with Gasteiger partial charge in [-0.25, -0.2) is 0 Å². The topological polar surface area (TPSA) is 81.0 Å².